The third-order valence-corrected chi connectivity index (χ3v) is 7.38. The fourth-order valence-electron chi connectivity index (χ4n) is 4.35. The minimum Gasteiger partial charge on any atom is -0.489 e. The van der Waals surface area contributed by atoms with E-state index in [2.05, 4.69) is 31.9 Å². The van der Waals surface area contributed by atoms with Gasteiger partial charge in [-0.25, -0.2) is 4.98 Å². The number of hydrogen-bond donors (Lipinski definition) is 1. The number of fused-ring (bicyclic) bond motifs is 1. The monoisotopic (exact) mass is 445 g/mol. The number of hydrogen-bond acceptors (Lipinski definition) is 4. The summed E-state index contributed by atoms with van der Waals surface area (Å²) in [7, 11) is 0. The molecule has 1 aliphatic rings. The van der Waals surface area contributed by atoms with Crippen molar-refractivity contribution in [2.75, 3.05) is 0 Å². The topological polar surface area (TPSA) is 59.4 Å². The van der Waals surface area contributed by atoms with E-state index < -0.39 is 5.97 Å². The van der Waals surface area contributed by atoms with Crippen LogP contribution in [0.3, 0.4) is 0 Å². The first-order valence-corrected chi connectivity index (χ1v) is 11.8. The second-order valence-electron chi connectivity index (χ2n) is 8.36. The molecule has 5 heteroatoms. The number of carboxylic acids is 1. The first-order valence-electron chi connectivity index (χ1n) is 11.0. The molecule has 4 nitrogen and oxygen atoms in total. The molecule has 32 heavy (non-hydrogen) atoms. The van der Waals surface area contributed by atoms with Gasteiger partial charge in [-0.05, 0) is 79.5 Å². The van der Waals surface area contributed by atoms with E-state index in [4.69, 9.17) is 16.1 Å². The number of aliphatic carboxylic acids is 1. The van der Waals surface area contributed by atoms with Crippen LogP contribution in [0.4, 0.5) is 0 Å². The Labute approximate surface area is 193 Å². The maximum atomic E-state index is 11.2. The Morgan fingerprint density at radius 3 is 2.91 bits per heavy atom. The zero-order valence-electron chi connectivity index (χ0n) is 18.6. The summed E-state index contributed by atoms with van der Waals surface area (Å²) in [6.07, 6.45) is 10.7. The SMILES string of the molecule is C#Cc1cc(-c2cnc(-c3ccc4c(c3C)CCC4CC(=O)O)s2)ccc1OC(C)CC. The molecule has 1 heterocycles. The zero-order chi connectivity index (χ0) is 22.8. The van der Waals surface area contributed by atoms with Crippen molar-refractivity contribution in [3.8, 4) is 39.1 Å². The molecule has 0 saturated heterocycles. The molecule has 0 amide bonds. The minimum atomic E-state index is -0.735. The molecular weight excluding hydrogens is 418 g/mol. The van der Waals surface area contributed by atoms with Crippen molar-refractivity contribution in [1.29, 1.82) is 0 Å². The fourth-order valence-corrected chi connectivity index (χ4v) is 5.35. The number of rotatable bonds is 7. The first-order chi connectivity index (χ1) is 15.4. The summed E-state index contributed by atoms with van der Waals surface area (Å²) in [5, 5.41) is 10.2. The van der Waals surface area contributed by atoms with Crippen molar-refractivity contribution in [2.45, 2.75) is 58.5 Å². The van der Waals surface area contributed by atoms with Gasteiger partial charge in [-0.3, -0.25) is 4.79 Å². The van der Waals surface area contributed by atoms with E-state index in [1.54, 1.807) is 11.3 Å². The van der Waals surface area contributed by atoms with E-state index in [0.29, 0.717) is 0 Å². The molecule has 0 bridgehead atoms. The van der Waals surface area contributed by atoms with Crippen LogP contribution in [0, 0.1) is 19.3 Å². The van der Waals surface area contributed by atoms with Crippen LogP contribution >= 0.6 is 11.3 Å². The van der Waals surface area contributed by atoms with Gasteiger partial charge in [0.05, 0.1) is 23.0 Å². The van der Waals surface area contributed by atoms with Crippen molar-refractivity contribution >= 4 is 17.3 Å². The maximum Gasteiger partial charge on any atom is 0.303 e. The number of carboxylic acid groups (broad SMARTS) is 1. The van der Waals surface area contributed by atoms with Crippen LogP contribution in [0.5, 0.6) is 5.75 Å². The smallest absolute Gasteiger partial charge is 0.303 e. The van der Waals surface area contributed by atoms with Crippen molar-refractivity contribution in [3.63, 3.8) is 0 Å². The highest BCUT2D eigenvalue weighted by atomic mass is 32.1. The zero-order valence-corrected chi connectivity index (χ0v) is 19.5. The number of nitrogens with zero attached hydrogens (tertiary/aromatic N) is 1. The van der Waals surface area contributed by atoms with Gasteiger partial charge in [0.15, 0.2) is 0 Å². The van der Waals surface area contributed by atoms with E-state index in [1.165, 1.54) is 16.7 Å². The van der Waals surface area contributed by atoms with Gasteiger partial charge >= 0.3 is 5.97 Å². The molecule has 0 fully saturated rings. The Kier molecular flexibility index (Phi) is 6.34. The molecule has 164 valence electrons. The third-order valence-electron chi connectivity index (χ3n) is 6.30. The van der Waals surface area contributed by atoms with Gasteiger partial charge in [-0.15, -0.1) is 17.8 Å². The minimum absolute atomic E-state index is 0.112. The summed E-state index contributed by atoms with van der Waals surface area (Å²) < 4.78 is 5.95. The standard InChI is InChI=1S/C27H27NO3S/c1-5-16(3)31-24-12-8-20(13-18(24)6-2)25-15-28-27(32-25)22-10-11-23-19(14-26(29)30)7-9-21(23)17(22)4/h2,8,10-13,15-16,19H,5,7,9,14H2,1,3-4H3,(H,29,30). The van der Waals surface area contributed by atoms with Crippen LogP contribution in [0.25, 0.3) is 21.0 Å². The van der Waals surface area contributed by atoms with Crippen LogP contribution in [0.15, 0.2) is 36.5 Å². The fraction of sp³-hybridized carbons (Fsp3) is 0.333. The first kappa shape index (κ1) is 22.1. The van der Waals surface area contributed by atoms with Crippen molar-refractivity contribution in [1.82, 2.24) is 4.98 Å². The molecule has 1 N–H and O–H groups in total. The predicted octanol–water partition coefficient (Wildman–Crippen LogP) is 6.45. The Balaban J connectivity index is 1.63. The average molecular weight is 446 g/mol. The number of thiazole rings is 1. The maximum absolute atomic E-state index is 11.2. The summed E-state index contributed by atoms with van der Waals surface area (Å²) in [5.74, 6) is 2.86. The van der Waals surface area contributed by atoms with Crippen LogP contribution in [-0.2, 0) is 11.2 Å². The van der Waals surface area contributed by atoms with Gasteiger partial charge in [-0.1, -0.05) is 25.0 Å². The lowest BCUT2D eigenvalue weighted by molar-refractivity contribution is -0.137. The number of carbonyl (C=O) groups is 1. The molecule has 0 radical (unpaired) electrons. The number of aromatic nitrogens is 1. The Morgan fingerprint density at radius 1 is 1.38 bits per heavy atom. The van der Waals surface area contributed by atoms with Crippen molar-refractivity contribution < 1.29 is 14.6 Å². The van der Waals surface area contributed by atoms with E-state index in [1.807, 2.05) is 31.3 Å². The molecule has 0 spiro atoms. The van der Waals surface area contributed by atoms with Crippen molar-refractivity contribution in [2.24, 2.45) is 0 Å². The summed E-state index contributed by atoms with van der Waals surface area (Å²) in [6, 6.07) is 10.1. The Bertz CT molecular complexity index is 1200. The van der Waals surface area contributed by atoms with E-state index >= 15 is 0 Å². The van der Waals surface area contributed by atoms with E-state index in [0.717, 1.165) is 51.6 Å². The van der Waals surface area contributed by atoms with Crippen LogP contribution in [0.1, 0.15) is 61.3 Å². The summed E-state index contributed by atoms with van der Waals surface area (Å²) >= 11 is 1.64. The van der Waals surface area contributed by atoms with E-state index in [9.17, 15) is 9.90 Å². The highest BCUT2D eigenvalue weighted by Gasteiger charge is 2.27. The lowest BCUT2D eigenvalue weighted by atomic mass is 9.94. The van der Waals surface area contributed by atoms with Gasteiger partial charge in [0.25, 0.3) is 0 Å². The molecule has 1 aromatic heterocycles. The Hall–Kier alpha value is -3.10. The lowest BCUT2D eigenvalue weighted by Crippen LogP contribution is -2.10. The van der Waals surface area contributed by atoms with Gasteiger partial charge in [0, 0.05) is 11.8 Å². The van der Waals surface area contributed by atoms with Crippen LogP contribution in [0.2, 0.25) is 0 Å². The Morgan fingerprint density at radius 2 is 2.19 bits per heavy atom. The molecule has 2 unspecified atom stereocenters. The van der Waals surface area contributed by atoms with Gasteiger partial charge < -0.3 is 9.84 Å². The highest BCUT2D eigenvalue weighted by molar-refractivity contribution is 7.18. The largest absolute Gasteiger partial charge is 0.489 e. The number of terminal acetylenes is 1. The molecule has 2 aromatic carbocycles. The van der Waals surface area contributed by atoms with Gasteiger partial charge in [0.2, 0.25) is 0 Å². The number of ether oxygens (including phenoxy) is 1. The number of benzene rings is 2. The second-order valence-corrected chi connectivity index (χ2v) is 9.39. The average Bonchev–Trinajstić information content (AvgIpc) is 3.42. The quantitative estimate of drug-likeness (QED) is 0.425. The molecule has 3 aromatic rings. The summed E-state index contributed by atoms with van der Waals surface area (Å²) in [6.45, 7) is 6.24. The second kappa shape index (κ2) is 9.18. The lowest BCUT2D eigenvalue weighted by Gasteiger charge is -2.14. The molecule has 2 atom stereocenters. The predicted molar refractivity (Wildman–Crippen MR) is 129 cm³/mol. The molecule has 0 saturated carbocycles. The third kappa shape index (κ3) is 4.28. The van der Waals surface area contributed by atoms with Gasteiger partial charge in [0.1, 0.15) is 10.8 Å². The molecule has 4 rings (SSSR count). The molecule has 1 aliphatic carbocycles. The normalized spacial score (nSPS) is 15.8. The van der Waals surface area contributed by atoms with Crippen LogP contribution in [-0.4, -0.2) is 22.2 Å². The van der Waals surface area contributed by atoms with Crippen LogP contribution < -0.4 is 4.74 Å². The van der Waals surface area contributed by atoms with Gasteiger partial charge in [-0.2, -0.15) is 0 Å². The summed E-state index contributed by atoms with van der Waals surface area (Å²) in [5.41, 5.74) is 6.56. The van der Waals surface area contributed by atoms with E-state index in [-0.39, 0.29) is 18.4 Å². The molecular formula is C27H27NO3S. The van der Waals surface area contributed by atoms with Crippen molar-refractivity contribution in [3.05, 3.63) is 58.8 Å². The molecule has 0 aliphatic heterocycles. The highest BCUT2D eigenvalue weighted by Crippen LogP contribution is 2.42. The summed E-state index contributed by atoms with van der Waals surface area (Å²) in [4.78, 5) is 16.9.